The van der Waals surface area contributed by atoms with Gasteiger partial charge < -0.3 is 5.32 Å². The summed E-state index contributed by atoms with van der Waals surface area (Å²) in [5.41, 5.74) is 0.00999. The van der Waals surface area contributed by atoms with Crippen molar-refractivity contribution in [1.29, 1.82) is 0 Å². The van der Waals surface area contributed by atoms with Crippen molar-refractivity contribution < 1.29 is 9.59 Å². The molecular weight excluding hydrogens is 324 g/mol. The van der Waals surface area contributed by atoms with E-state index in [9.17, 15) is 9.59 Å². The molecule has 146 valence electrons. The first kappa shape index (κ1) is 18.5. The molecule has 4 nitrogen and oxygen atoms in total. The van der Waals surface area contributed by atoms with Crippen LogP contribution >= 0.6 is 0 Å². The van der Waals surface area contributed by atoms with Crippen LogP contribution in [0.15, 0.2) is 0 Å². The van der Waals surface area contributed by atoms with E-state index < -0.39 is 0 Å². The number of hydrogen-bond acceptors (Lipinski definition) is 3. The number of fused-ring (bicyclic) bond motifs is 5. The molecule has 2 aliphatic heterocycles. The van der Waals surface area contributed by atoms with Gasteiger partial charge in [0.25, 0.3) is 0 Å². The summed E-state index contributed by atoms with van der Waals surface area (Å²) in [5, 5.41) is 3.25. The molecule has 0 aromatic heterocycles. The quantitative estimate of drug-likeness (QED) is 0.778. The van der Waals surface area contributed by atoms with Crippen molar-refractivity contribution in [2.75, 3.05) is 6.54 Å². The van der Waals surface area contributed by atoms with Crippen molar-refractivity contribution in [3.63, 3.8) is 0 Å². The Morgan fingerprint density at radius 1 is 1.15 bits per heavy atom. The molecule has 4 fully saturated rings. The van der Waals surface area contributed by atoms with E-state index in [1.807, 2.05) is 0 Å². The summed E-state index contributed by atoms with van der Waals surface area (Å²) < 4.78 is 0. The second-order valence-electron chi connectivity index (χ2n) is 10.7. The second kappa shape index (κ2) is 6.32. The molecule has 1 unspecified atom stereocenters. The number of piperidine rings is 2. The van der Waals surface area contributed by atoms with Crippen LogP contribution in [0.5, 0.6) is 0 Å². The molecule has 1 amide bonds. The number of nitrogens with zero attached hydrogens (tertiary/aromatic N) is 1. The van der Waals surface area contributed by atoms with Crippen LogP contribution in [0.1, 0.15) is 79.1 Å². The molecule has 4 heteroatoms. The summed E-state index contributed by atoms with van der Waals surface area (Å²) in [7, 11) is 0. The third-order valence-corrected chi connectivity index (χ3v) is 8.05. The van der Waals surface area contributed by atoms with Gasteiger partial charge in [0.15, 0.2) is 0 Å². The smallest absolute Gasteiger partial charge is 0.224 e. The molecule has 26 heavy (non-hydrogen) atoms. The van der Waals surface area contributed by atoms with Crippen molar-refractivity contribution in [1.82, 2.24) is 10.2 Å². The number of Topliss-reactive ketones (excluding diaryl/α,β-unsaturated/α-hetero) is 1. The van der Waals surface area contributed by atoms with Gasteiger partial charge in [-0.3, -0.25) is 14.5 Å². The topological polar surface area (TPSA) is 49.4 Å². The average Bonchev–Trinajstić information content (AvgIpc) is 2.90. The molecule has 4 rings (SSSR count). The van der Waals surface area contributed by atoms with Gasteiger partial charge in [0.1, 0.15) is 5.78 Å². The Morgan fingerprint density at radius 2 is 1.92 bits per heavy atom. The van der Waals surface area contributed by atoms with Gasteiger partial charge in [-0.25, -0.2) is 0 Å². The number of ketones is 1. The van der Waals surface area contributed by atoms with E-state index in [4.69, 9.17) is 0 Å². The van der Waals surface area contributed by atoms with Gasteiger partial charge in [-0.05, 0) is 76.5 Å². The maximum Gasteiger partial charge on any atom is 0.224 e. The highest BCUT2D eigenvalue weighted by atomic mass is 16.2. The van der Waals surface area contributed by atoms with Crippen molar-refractivity contribution in [2.45, 2.75) is 96.7 Å². The van der Waals surface area contributed by atoms with Gasteiger partial charge in [-0.2, -0.15) is 0 Å². The third kappa shape index (κ3) is 3.02. The number of amides is 1. The minimum Gasteiger partial charge on any atom is -0.351 e. The predicted octanol–water partition coefficient (Wildman–Crippen LogP) is 3.54. The van der Waals surface area contributed by atoms with E-state index in [0.717, 1.165) is 38.1 Å². The molecule has 2 aliphatic carbocycles. The minimum atomic E-state index is -0.152. The Labute approximate surface area is 158 Å². The lowest BCUT2D eigenvalue weighted by atomic mass is 9.57. The monoisotopic (exact) mass is 360 g/mol. The van der Waals surface area contributed by atoms with Crippen LogP contribution in [0.25, 0.3) is 0 Å². The molecule has 2 saturated heterocycles. The van der Waals surface area contributed by atoms with Gasteiger partial charge in [0.2, 0.25) is 5.91 Å². The first-order chi connectivity index (χ1) is 12.2. The van der Waals surface area contributed by atoms with Crippen LogP contribution in [0.4, 0.5) is 0 Å². The van der Waals surface area contributed by atoms with Gasteiger partial charge in [-0.15, -0.1) is 0 Å². The van der Waals surface area contributed by atoms with E-state index in [-0.39, 0.29) is 22.8 Å². The number of carbonyl (C=O) groups excluding carboxylic acids is 2. The van der Waals surface area contributed by atoms with Gasteiger partial charge in [0.05, 0.1) is 0 Å². The summed E-state index contributed by atoms with van der Waals surface area (Å²) in [5.74, 6) is 2.32. The molecule has 0 spiro atoms. The van der Waals surface area contributed by atoms with Gasteiger partial charge in [0, 0.05) is 42.9 Å². The largest absolute Gasteiger partial charge is 0.351 e. The summed E-state index contributed by atoms with van der Waals surface area (Å²) in [4.78, 5) is 27.6. The maximum atomic E-state index is 13.0. The fraction of sp³-hybridized carbons (Fsp3) is 0.909. The van der Waals surface area contributed by atoms with Crippen molar-refractivity contribution >= 4 is 11.7 Å². The van der Waals surface area contributed by atoms with Crippen LogP contribution in [-0.4, -0.2) is 40.8 Å². The van der Waals surface area contributed by atoms with Gasteiger partial charge in [-0.1, -0.05) is 6.92 Å². The molecule has 4 aliphatic rings. The van der Waals surface area contributed by atoms with Crippen LogP contribution < -0.4 is 5.32 Å². The van der Waals surface area contributed by atoms with Crippen LogP contribution in [0, 0.1) is 23.2 Å². The highest BCUT2D eigenvalue weighted by Crippen LogP contribution is 2.60. The number of carbonyl (C=O) groups is 2. The van der Waals surface area contributed by atoms with Crippen LogP contribution in [-0.2, 0) is 9.59 Å². The fourth-order valence-corrected chi connectivity index (χ4v) is 6.97. The summed E-state index contributed by atoms with van der Waals surface area (Å²) in [6, 6.07) is 1.16. The first-order valence-corrected chi connectivity index (χ1v) is 10.8. The molecule has 0 aromatic rings. The van der Waals surface area contributed by atoms with E-state index in [1.54, 1.807) is 0 Å². The van der Waals surface area contributed by atoms with Gasteiger partial charge >= 0.3 is 0 Å². The van der Waals surface area contributed by atoms with Crippen LogP contribution in [0.2, 0.25) is 0 Å². The second-order valence-corrected chi connectivity index (χ2v) is 10.7. The lowest BCUT2D eigenvalue weighted by Crippen LogP contribution is -2.60. The van der Waals surface area contributed by atoms with Crippen LogP contribution in [0.3, 0.4) is 0 Å². The Balaban J connectivity index is 1.51. The maximum absolute atomic E-state index is 13.0. The molecule has 0 bridgehead atoms. The van der Waals surface area contributed by atoms with E-state index in [1.165, 1.54) is 25.7 Å². The van der Waals surface area contributed by atoms with E-state index in [0.29, 0.717) is 23.8 Å². The van der Waals surface area contributed by atoms with Crippen molar-refractivity contribution in [3.05, 3.63) is 0 Å². The molecule has 2 heterocycles. The average molecular weight is 361 g/mol. The molecule has 6 atom stereocenters. The highest BCUT2D eigenvalue weighted by molar-refractivity contribution is 5.81. The Morgan fingerprint density at radius 3 is 2.65 bits per heavy atom. The zero-order valence-corrected chi connectivity index (χ0v) is 17.0. The molecule has 0 radical (unpaired) electrons. The lowest BCUT2D eigenvalue weighted by molar-refractivity contribution is -0.137. The number of hydrogen-bond donors (Lipinski definition) is 1. The molecule has 2 saturated carbocycles. The Hall–Kier alpha value is -0.900. The molecular formula is C22H36N2O2. The normalized spacial score (nSPS) is 43.4. The number of nitrogens with one attached hydrogen (secondary N) is 1. The Bertz CT molecular complexity index is 595. The molecule has 0 aromatic carbocycles. The zero-order valence-electron chi connectivity index (χ0n) is 17.0. The van der Waals surface area contributed by atoms with E-state index >= 15 is 0 Å². The van der Waals surface area contributed by atoms with Crippen molar-refractivity contribution in [2.24, 2.45) is 23.2 Å². The standard InChI is InChI=1S/C22H36N2O2/c1-21(2,3)23-20(26)18-8-7-17-16-6-5-14-13-15(25)10-12-24(14)19(16)9-11-22(17,18)4/h14,16-19H,5-13H2,1-4H3,(H,23,26)/t14?,16-,17-,18+,19-,22-/m0/s1. The summed E-state index contributed by atoms with van der Waals surface area (Å²) >= 11 is 0. The third-order valence-electron chi connectivity index (χ3n) is 8.05. The number of rotatable bonds is 1. The first-order valence-electron chi connectivity index (χ1n) is 10.8. The summed E-state index contributed by atoms with van der Waals surface area (Å²) in [6.45, 7) is 9.61. The van der Waals surface area contributed by atoms with Crippen molar-refractivity contribution in [3.8, 4) is 0 Å². The Kier molecular flexibility index (Phi) is 4.49. The summed E-state index contributed by atoms with van der Waals surface area (Å²) in [6.07, 6.45) is 8.59. The zero-order chi connectivity index (χ0) is 18.7. The fourth-order valence-electron chi connectivity index (χ4n) is 6.97. The van der Waals surface area contributed by atoms with E-state index in [2.05, 4.69) is 37.9 Å². The predicted molar refractivity (Wildman–Crippen MR) is 103 cm³/mol. The SMILES string of the molecule is CC(C)(C)NC(=O)[C@H]1CC[C@H]2[C@@H]3CCC4CC(=O)CCN4[C@H]3CC[C@]12C. The highest BCUT2D eigenvalue weighted by Gasteiger charge is 2.58. The minimum absolute atomic E-state index is 0.152. The molecule has 1 N–H and O–H groups in total. The lowest BCUT2D eigenvalue weighted by Gasteiger charge is -2.56.